The number of alkyl halides is 1. The zero-order chi connectivity index (χ0) is 10.9. The molecule has 0 unspecified atom stereocenters. The monoisotopic (exact) mass is 289 g/mol. The van der Waals surface area contributed by atoms with Crippen molar-refractivity contribution in [2.24, 2.45) is 0 Å². The third-order valence-electron chi connectivity index (χ3n) is 2.05. The number of hydrogen-bond acceptors (Lipinski definition) is 2. The van der Waals surface area contributed by atoms with E-state index in [1.165, 1.54) is 12.8 Å². The van der Waals surface area contributed by atoms with Crippen LogP contribution in [0, 0.1) is 0 Å². The summed E-state index contributed by atoms with van der Waals surface area (Å²) >= 11 is 5.02. The largest absolute Gasteiger partial charge is 0.356 e. The molecule has 1 amide bonds. The van der Waals surface area contributed by atoms with Gasteiger partial charge in [-0.1, -0.05) is 28.4 Å². The van der Waals surface area contributed by atoms with E-state index in [-0.39, 0.29) is 5.91 Å². The molecule has 84 valence electrons. The molecule has 1 aromatic rings. The van der Waals surface area contributed by atoms with Gasteiger partial charge < -0.3 is 5.32 Å². The van der Waals surface area contributed by atoms with Crippen LogP contribution in [0.5, 0.6) is 0 Å². The van der Waals surface area contributed by atoms with Crippen molar-refractivity contribution < 1.29 is 4.79 Å². The maximum Gasteiger partial charge on any atom is 0.225 e. The van der Waals surface area contributed by atoms with E-state index >= 15 is 0 Å². The molecule has 0 aliphatic rings. The van der Waals surface area contributed by atoms with Gasteiger partial charge in [0, 0.05) is 16.8 Å². The van der Waals surface area contributed by atoms with Crippen LogP contribution >= 0.6 is 27.3 Å². The summed E-state index contributed by atoms with van der Waals surface area (Å²) in [5, 5.41) is 5.98. The van der Waals surface area contributed by atoms with Gasteiger partial charge in [0.25, 0.3) is 0 Å². The van der Waals surface area contributed by atoms with Crippen molar-refractivity contribution in [3.8, 4) is 0 Å². The average molecular weight is 290 g/mol. The Morgan fingerprint density at radius 2 is 2.27 bits per heavy atom. The summed E-state index contributed by atoms with van der Waals surface area (Å²) in [5.74, 6) is 0.135. The van der Waals surface area contributed by atoms with Gasteiger partial charge in [-0.3, -0.25) is 4.79 Å². The molecule has 0 spiro atoms. The molecule has 0 fully saturated rings. The molecule has 1 N–H and O–H groups in total. The minimum Gasteiger partial charge on any atom is -0.356 e. The highest BCUT2D eigenvalue weighted by molar-refractivity contribution is 9.09. The topological polar surface area (TPSA) is 29.1 Å². The third-order valence-corrected chi connectivity index (χ3v) is 3.48. The quantitative estimate of drug-likeness (QED) is 0.607. The van der Waals surface area contributed by atoms with Crippen molar-refractivity contribution in [3.05, 3.63) is 22.4 Å². The number of hydrogen-bond donors (Lipinski definition) is 1. The van der Waals surface area contributed by atoms with Gasteiger partial charge in [-0.25, -0.2) is 0 Å². The van der Waals surface area contributed by atoms with Crippen molar-refractivity contribution >= 4 is 33.2 Å². The number of unbranched alkanes of at least 4 members (excludes halogenated alkanes) is 2. The maximum absolute atomic E-state index is 11.4. The Hall–Kier alpha value is -0.350. The number of nitrogens with one attached hydrogen (secondary N) is 1. The fourth-order valence-electron chi connectivity index (χ4n) is 1.26. The zero-order valence-corrected chi connectivity index (χ0v) is 11.1. The van der Waals surface area contributed by atoms with Crippen LogP contribution in [-0.2, 0) is 11.2 Å². The molecule has 4 heteroatoms. The normalized spacial score (nSPS) is 10.2. The van der Waals surface area contributed by atoms with E-state index in [2.05, 4.69) is 21.2 Å². The standard InChI is InChI=1S/C11H16BrNOS/c12-6-2-1-3-7-13-11(14)9-10-5-4-8-15-10/h4-5,8H,1-3,6-7,9H2,(H,13,14). The van der Waals surface area contributed by atoms with Crippen molar-refractivity contribution in [1.82, 2.24) is 5.32 Å². The maximum atomic E-state index is 11.4. The lowest BCUT2D eigenvalue weighted by atomic mass is 10.2. The summed E-state index contributed by atoms with van der Waals surface area (Å²) in [6.07, 6.45) is 3.95. The highest BCUT2D eigenvalue weighted by atomic mass is 79.9. The number of halogens is 1. The zero-order valence-electron chi connectivity index (χ0n) is 8.67. The number of thiophene rings is 1. The lowest BCUT2D eigenvalue weighted by Gasteiger charge is -2.03. The van der Waals surface area contributed by atoms with E-state index in [1.54, 1.807) is 11.3 Å². The van der Waals surface area contributed by atoms with E-state index in [0.29, 0.717) is 6.42 Å². The molecular weight excluding hydrogens is 274 g/mol. The molecule has 1 aromatic heterocycles. The molecule has 0 radical (unpaired) electrons. The van der Waals surface area contributed by atoms with E-state index in [1.807, 2.05) is 17.5 Å². The van der Waals surface area contributed by atoms with Gasteiger partial charge in [-0.2, -0.15) is 0 Å². The van der Waals surface area contributed by atoms with Gasteiger partial charge in [0.2, 0.25) is 5.91 Å². The van der Waals surface area contributed by atoms with Crippen molar-refractivity contribution in [2.75, 3.05) is 11.9 Å². The second-order valence-corrected chi connectivity index (χ2v) is 5.18. The first-order valence-corrected chi connectivity index (χ1v) is 7.18. The number of carbonyl (C=O) groups excluding carboxylic acids is 1. The fraction of sp³-hybridized carbons (Fsp3) is 0.545. The smallest absolute Gasteiger partial charge is 0.225 e. The summed E-state index contributed by atoms with van der Waals surface area (Å²) in [5.41, 5.74) is 0. The molecule has 0 atom stereocenters. The van der Waals surface area contributed by atoms with Crippen LogP contribution in [-0.4, -0.2) is 17.8 Å². The van der Waals surface area contributed by atoms with Crippen molar-refractivity contribution in [1.29, 1.82) is 0 Å². The highest BCUT2D eigenvalue weighted by Crippen LogP contribution is 2.08. The van der Waals surface area contributed by atoms with E-state index < -0.39 is 0 Å². The highest BCUT2D eigenvalue weighted by Gasteiger charge is 2.02. The van der Waals surface area contributed by atoms with Crippen LogP contribution in [0.1, 0.15) is 24.1 Å². The average Bonchev–Trinajstić information content (AvgIpc) is 2.70. The van der Waals surface area contributed by atoms with Crippen molar-refractivity contribution in [3.63, 3.8) is 0 Å². The summed E-state index contributed by atoms with van der Waals surface area (Å²) < 4.78 is 0. The van der Waals surface area contributed by atoms with Crippen LogP contribution < -0.4 is 5.32 Å². The molecule has 1 rings (SSSR count). The molecule has 0 aromatic carbocycles. The van der Waals surface area contributed by atoms with Gasteiger partial charge in [-0.05, 0) is 24.3 Å². The minimum atomic E-state index is 0.135. The molecule has 0 bridgehead atoms. The van der Waals surface area contributed by atoms with E-state index in [4.69, 9.17) is 0 Å². The van der Waals surface area contributed by atoms with Gasteiger partial charge in [0.15, 0.2) is 0 Å². The molecule has 15 heavy (non-hydrogen) atoms. The number of amides is 1. The first kappa shape index (κ1) is 12.7. The molecule has 0 saturated heterocycles. The number of rotatable bonds is 7. The Kier molecular flexibility index (Phi) is 6.68. The summed E-state index contributed by atoms with van der Waals surface area (Å²) in [6, 6.07) is 3.97. The Morgan fingerprint density at radius 3 is 2.93 bits per heavy atom. The molecule has 1 heterocycles. The minimum absolute atomic E-state index is 0.135. The molecule has 0 aliphatic heterocycles. The summed E-state index contributed by atoms with van der Waals surface area (Å²) in [7, 11) is 0. The van der Waals surface area contributed by atoms with Gasteiger partial charge >= 0.3 is 0 Å². The van der Waals surface area contributed by atoms with Crippen LogP contribution in [0.4, 0.5) is 0 Å². The second kappa shape index (κ2) is 7.88. The lowest BCUT2D eigenvalue weighted by molar-refractivity contribution is -0.120. The fourth-order valence-corrected chi connectivity index (χ4v) is 2.36. The first-order valence-electron chi connectivity index (χ1n) is 5.18. The van der Waals surface area contributed by atoms with Crippen LogP contribution in [0.2, 0.25) is 0 Å². The van der Waals surface area contributed by atoms with E-state index in [0.717, 1.165) is 23.2 Å². The SMILES string of the molecule is O=C(Cc1cccs1)NCCCCCBr. The molecular formula is C11H16BrNOS. The predicted octanol–water partition coefficient (Wildman–Crippen LogP) is 2.97. The van der Waals surface area contributed by atoms with Gasteiger partial charge in [0.05, 0.1) is 6.42 Å². The molecule has 0 aliphatic carbocycles. The van der Waals surface area contributed by atoms with Crippen molar-refractivity contribution in [2.45, 2.75) is 25.7 Å². The predicted molar refractivity (Wildman–Crippen MR) is 68.7 cm³/mol. The van der Waals surface area contributed by atoms with Gasteiger partial charge in [-0.15, -0.1) is 11.3 Å². The van der Waals surface area contributed by atoms with Gasteiger partial charge in [0.1, 0.15) is 0 Å². The van der Waals surface area contributed by atoms with Crippen LogP contribution in [0.3, 0.4) is 0 Å². The van der Waals surface area contributed by atoms with Crippen LogP contribution in [0.25, 0.3) is 0 Å². The number of carbonyl (C=O) groups is 1. The van der Waals surface area contributed by atoms with Crippen LogP contribution in [0.15, 0.2) is 17.5 Å². The first-order chi connectivity index (χ1) is 7.33. The Labute approximate surface area is 103 Å². The van der Waals surface area contributed by atoms with E-state index in [9.17, 15) is 4.79 Å². The Morgan fingerprint density at radius 1 is 1.40 bits per heavy atom. The molecule has 0 saturated carbocycles. The third kappa shape index (κ3) is 5.95. The Balaban J connectivity index is 2.04. The Bertz CT molecular complexity index is 274. The lowest BCUT2D eigenvalue weighted by Crippen LogP contribution is -2.25. The summed E-state index contributed by atoms with van der Waals surface area (Å²) in [4.78, 5) is 12.6. The second-order valence-electron chi connectivity index (χ2n) is 3.36. The summed E-state index contributed by atoms with van der Waals surface area (Å²) in [6.45, 7) is 0.803. The molecule has 2 nitrogen and oxygen atoms in total.